The van der Waals surface area contributed by atoms with Gasteiger partial charge in [0, 0.05) is 59.0 Å². The molecule has 10 atom stereocenters. The van der Waals surface area contributed by atoms with Crippen molar-refractivity contribution in [2.45, 2.75) is 99.1 Å². The van der Waals surface area contributed by atoms with Gasteiger partial charge < -0.3 is 54.0 Å². The maximum absolute atomic E-state index is 15.3. The van der Waals surface area contributed by atoms with Crippen molar-refractivity contribution in [1.29, 1.82) is 0 Å². The van der Waals surface area contributed by atoms with Crippen molar-refractivity contribution in [3.8, 4) is 29.4 Å². The second-order valence-electron chi connectivity index (χ2n) is 16.1. The van der Waals surface area contributed by atoms with Crippen LogP contribution in [0.25, 0.3) is 21.8 Å². The molecule has 0 spiro atoms. The quantitative estimate of drug-likeness (QED) is 0.0500. The fourth-order valence-corrected chi connectivity index (χ4v) is 12.2. The molecule has 16 nitrogen and oxygen atoms in total. The Morgan fingerprint density at radius 3 is 2.65 bits per heavy atom. The number of nitrogens with zero attached hydrogens (tertiary/aromatic N) is 1. The van der Waals surface area contributed by atoms with E-state index < -0.39 is 71.4 Å². The van der Waals surface area contributed by atoms with Gasteiger partial charge in [0.1, 0.15) is 34.5 Å². The Kier molecular flexibility index (Phi) is 16.3. The Labute approximate surface area is 398 Å². The molecular weight excluding hydrogens is 929 g/mol. The number of aromatic amines is 1. The summed E-state index contributed by atoms with van der Waals surface area (Å²) in [6.45, 7) is 5.83. The number of carbonyl (C=O) groups is 3. The largest absolute Gasteiger partial charge is 0.508 e. The first-order valence-electron chi connectivity index (χ1n) is 21.0. The van der Waals surface area contributed by atoms with Gasteiger partial charge in [-0.05, 0) is 65.7 Å². The summed E-state index contributed by atoms with van der Waals surface area (Å²) in [7, 11) is 7.24. The Morgan fingerprint density at radius 2 is 1.92 bits per heavy atom. The maximum Gasteiger partial charge on any atom is 0.411 e. The number of amides is 1. The van der Waals surface area contributed by atoms with Gasteiger partial charge in [0.25, 0.3) is 0 Å². The molecule has 2 aliphatic heterocycles. The highest BCUT2D eigenvalue weighted by Gasteiger charge is 2.61. The number of Topliss-reactive ketones (excluding diaryl/α,β-unsaturated/α-hetero) is 2. The molecular formula is C46H52N4O12S4. The minimum absolute atomic E-state index is 0.00929. The number of phenols is 1. The average molecular weight is 981 g/mol. The van der Waals surface area contributed by atoms with Crippen LogP contribution in [0.3, 0.4) is 0 Å². The summed E-state index contributed by atoms with van der Waals surface area (Å²) in [6.07, 6.45) is -0.292. The van der Waals surface area contributed by atoms with Crippen LogP contribution < -0.4 is 10.6 Å². The number of hydrogen-bond acceptors (Lipinski definition) is 18. The Balaban J connectivity index is 1.35. The molecule has 2 aliphatic carbocycles. The molecule has 6 N–H and O–H groups in total. The Morgan fingerprint density at radius 1 is 1.14 bits per heavy atom. The number of carbonyl (C=O) groups excluding carboxylic acids is 3. The van der Waals surface area contributed by atoms with Gasteiger partial charge in [0.2, 0.25) is 5.78 Å². The monoisotopic (exact) mass is 980 g/mol. The number of thioether (sulfide) groups is 1. The molecule has 20 heteroatoms. The number of methoxy groups -OCH3 is 2. The van der Waals surface area contributed by atoms with Crippen molar-refractivity contribution < 1.29 is 58.1 Å². The van der Waals surface area contributed by atoms with Crippen molar-refractivity contribution in [3.63, 3.8) is 0 Å². The number of hydrogen-bond donors (Lipinski definition) is 6. The number of aromatic hydroxyl groups is 1. The number of alkyl carbamates (subject to hydrolysis) is 1. The summed E-state index contributed by atoms with van der Waals surface area (Å²) < 4.78 is 35.5. The maximum atomic E-state index is 15.3. The van der Waals surface area contributed by atoms with Gasteiger partial charge in [0.15, 0.2) is 24.0 Å². The summed E-state index contributed by atoms with van der Waals surface area (Å²) in [6, 6.07) is 6.49. The van der Waals surface area contributed by atoms with Crippen LogP contribution in [-0.4, -0.2) is 148 Å². The molecule has 2 aromatic heterocycles. The van der Waals surface area contributed by atoms with Crippen molar-refractivity contribution in [1.82, 2.24) is 20.6 Å². The van der Waals surface area contributed by atoms with Crippen LogP contribution in [0, 0.1) is 23.7 Å². The van der Waals surface area contributed by atoms with Gasteiger partial charge in [-0.15, -0.1) is 11.8 Å². The van der Waals surface area contributed by atoms with Crippen LogP contribution in [0.5, 0.6) is 5.75 Å². The number of benzene rings is 1. The predicted octanol–water partition coefficient (Wildman–Crippen LogP) is 5.19. The normalized spacial score (nSPS) is 31.0. The number of nitrogens with one attached hydrogen (secondary N) is 3. The highest BCUT2D eigenvalue weighted by Crippen LogP contribution is 2.47. The molecule has 0 saturated carbocycles. The molecule has 2 saturated heterocycles. The molecule has 4 aliphatic rings. The van der Waals surface area contributed by atoms with Crippen LogP contribution in [0.15, 0.2) is 65.5 Å². The van der Waals surface area contributed by atoms with Crippen molar-refractivity contribution in [2.75, 3.05) is 39.1 Å². The van der Waals surface area contributed by atoms with E-state index in [1.54, 1.807) is 44.6 Å². The number of ether oxygens (including phenoxy) is 6. The topological polar surface area (TPSA) is 220 Å². The number of pyridine rings is 1. The van der Waals surface area contributed by atoms with Crippen LogP contribution in [0.2, 0.25) is 0 Å². The molecule has 1 aromatic carbocycles. The Bertz CT molecular complexity index is 2560. The summed E-state index contributed by atoms with van der Waals surface area (Å²) in [5.41, 5.74) is -1.07. The van der Waals surface area contributed by atoms with E-state index in [0.29, 0.717) is 27.6 Å². The summed E-state index contributed by atoms with van der Waals surface area (Å²) in [5, 5.41) is 42.8. The van der Waals surface area contributed by atoms with Gasteiger partial charge >= 0.3 is 6.09 Å². The number of phenolic OH excluding ortho intramolecular Hbond substituents is 1. The molecule has 0 unspecified atom stereocenters. The van der Waals surface area contributed by atoms with Crippen LogP contribution in [0.4, 0.5) is 4.79 Å². The van der Waals surface area contributed by atoms with Crippen LogP contribution in [0.1, 0.15) is 44.1 Å². The van der Waals surface area contributed by atoms with E-state index >= 15 is 4.79 Å². The van der Waals surface area contributed by atoms with Gasteiger partial charge in [-0.25, -0.2) is 4.79 Å². The van der Waals surface area contributed by atoms with Crippen molar-refractivity contribution in [3.05, 3.63) is 71.2 Å². The van der Waals surface area contributed by atoms with E-state index in [-0.39, 0.29) is 59.5 Å². The summed E-state index contributed by atoms with van der Waals surface area (Å²) >= 11 is 1.06. The lowest BCUT2D eigenvalue weighted by atomic mass is 9.75. The number of H-pyrrole nitrogens is 1. The Hall–Kier alpha value is -4.00. The second kappa shape index (κ2) is 21.5. The predicted molar refractivity (Wildman–Crippen MR) is 257 cm³/mol. The van der Waals surface area contributed by atoms with Gasteiger partial charge in [-0.2, -0.15) is 0 Å². The number of allylic oxidation sites excluding steroid dienone is 3. The third-order valence-corrected chi connectivity index (χ3v) is 16.9. The molecule has 4 heterocycles. The lowest BCUT2D eigenvalue weighted by molar-refractivity contribution is -0.323. The average Bonchev–Trinajstić information content (AvgIpc) is 3.66. The minimum atomic E-state index is -2.04. The first kappa shape index (κ1) is 49.9. The smallest absolute Gasteiger partial charge is 0.411 e. The molecule has 0 radical (unpaired) electrons. The lowest BCUT2D eigenvalue weighted by Crippen LogP contribution is -2.69. The fourth-order valence-electron chi connectivity index (χ4n) is 8.73. The zero-order chi connectivity index (χ0) is 47.3. The third-order valence-electron chi connectivity index (χ3n) is 11.7. The van der Waals surface area contributed by atoms with Crippen molar-refractivity contribution in [2.24, 2.45) is 0 Å². The summed E-state index contributed by atoms with van der Waals surface area (Å²) in [4.78, 5) is 50.1. The molecule has 2 bridgehead atoms. The second-order valence-corrected chi connectivity index (χ2v) is 21.5. The third kappa shape index (κ3) is 10.1. The fraction of sp³-hybridized carbons (Fsp3) is 0.478. The number of ketones is 2. The van der Waals surface area contributed by atoms with Gasteiger partial charge in [-0.3, -0.25) is 19.9 Å². The van der Waals surface area contributed by atoms with Crippen LogP contribution >= 0.6 is 43.2 Å². The van der Waals surface area contributed by atoms with E-state index in [9.17, 15) is 24.9 Å². The number of fused-ring (bicyclic) bond motifs is 5. The zero-order valence-electron chi connectivity index (χ0n) is 37.2. The first-order chi connectivity index (χ1) is 31.7. The van der Waals surface area contributed by atoms with Gasteiger partial charge in [0.05, 0.1) is 49.6 Å². The highest BCUT2D eigenvalue weighted by atomic mass is 33.5. The molecule has 7 rings (SSSR count). The molecule has 2 fully saturated rings. The van der Waals surface area contributed by atoms with E-state index in [1.165, 1.54) is 55.8 Å². The van der Waals surface area contributed by atoms with Crippen molar-refractivity contribution >= 4 is 82.6 Å². The standard InChI is InChI=1S/C46H52N4O12S4/c1-24(2)48-31-23-59-35(21-34(31)57-4)62-40-42(54)46(63-6,41(53)39-37-27(15-18-47-39)28-20-26(51)13-14-30(28)49-37)25(3)60-43(40)61-33-12-10-8-9-11-17-45(56)22-32(52)38(50-44(55)58-5)36(33)29(45)16-19-65-66-64-7/h8-9,13-16,18,20,24-25,31,33-35,40,42-43,48-49,51,54,56H,19,21-23H2,1-7H3,(H,50,55)/b9-8+,29-16-/t25-,31+,33+,34+,35+,40-,42-,43+,45+,46-/m1/s1. The van der Waals surface area contributed by atoms with E-state index in [0.717, 1.165) is 18.9 Å². The van der Waals surface area contributed by atoms with Gasteiger partial charge in [-0.1, -0.05) is 65.2 Å². The SMILES string of the molecule is COC(=O)NC1=C2/C(=C/CSSSC)[C@](O)(C#C/C=C/C#C[C@@H]2O[C@@H]2O[C@H](C)[C@@](SC)(C(=O)c3nccc4c3[nH]c3ccc(O)cc34)[C@H](O)[C@H]2O[C@H]2C[C@H](OC)[C@@H](NC(C)C)CO2)CC1=O. The number of rotatable bonds is 15. The molecule has 3 aromatic rings. The van der Waals surface area contributed by atoms with E-state index in [2.05, 4.69) is 44.3 Å². The number of aliphatic hydroxyl groups excluding tert-OH is 1. The number of aromatic nitrogens is 2. The number of aliphatic hydroxyl groups is 2. The molecule has 1 amide bonds. The molecule has 66 heavy (non-hydrogen) atoms. The summed E-state index contributed by atoms with van der Waals surface area (Å²) in [5.74, 6) is 10.7. The minimum Gasteiger partial charge on any atom is -0.508 e. The highest BCUT2D eigenvalue weighted by molar-refractivity contribution is 9.09. The van der Waals surface area contributed by atoms with E-state index in [4.69, 9.17) is 28.4 Å². The van der Waals surface area contributed by atoms with Crippen LogP contribution in [-0.2, 0) is 33.2 Å². The lowest BCUT2D eigenvalue weighted by Gasteiger charge is -2.51. The molecule has 352 valence electrons. The van der Waals surface area contributed by atoms with E-state index in [1.807, 2.05) is 20.1 Å². The first-order valence-corrected chi connectivity index (χ1v) is 26.3. The zero-order valence-corrected chi connectivity index (χ0v) is 40.5.